The first-order valence-electron chi connectivity index (χ1n) is 5.17. The van der Waals surface area contributed by atoms with Crippen LogP contribution in [0.3, 0.4) is 0 Å². The van der Waals surface area contributed by atoms with Crippen LogP contribution < -0.4 is 0 Å². The van der Waals surface area contributed by atoms with Crippen LogP contribution in [0.2, 0.25) is 0 Å². The zero-order chi connectivity index (χ0) is 12.3. The molecule has 6 heteroatoms. The molecule has 0 aromatic carbocycles. The molecule has 90 valence electrons. The van der Waals surface area contributed by atoms with Crippen molar-refractivity contribution in [2.75, 3.05) is 6.61 Å². The smallest absolute Gasteiger partial charge is 0.335 e. The number of aromatic nitrogens is 1. The summed E-state index contributed by atoms with van der Waals surface area (Å²) >= 11 is 3.25. The van der Waals surface area contributed by atoms with E-state index in [0.29, 0.717) is 6.61 Å². The summed E-state index contributed by atoms with van der Waals surface area (Å²) in [6.07, 6.45) is 2.49. The van der Waals surface area contributed by atoms with Crippen molar-refractivity contribution in [2.45, 2.75) is 19.1 Å². The lowest BCUT2D eigenvalue weighted by atomic mass is 10.1. The minimum atomic E-state index is -0.641. The van der Waals surface area contributed by atoms with Crippen LogP contribution in [0.15, 0.2) is 27.9 Å². The van der Waals surface area contributed by atoms with Crippen LogP contribution >= 0.6 is 15.9 Å². The number of halogens is 1. The zero-order valence-corrected chi connectivity index (χ0v) is 10.8. The molecule has 5 nitrogen and oxygen atoms in total. The largest absolute Gasteiger partial charge is 0.473 e. The Hall–Kier alpha value is -1.43. The number of hydrogen-bond acceptors (Lipinski definition) is 5. The minimum absolute atomic E-state index is 0.330. The second kappa shape index (κ2) is 5.27. The molecule has 0 amide bonds. The highest BCUT2D eigenvalue weighted by Crippen LogP contribution is 2.27. The van der Waals surface area contributed by atoms with E-state index in [1.165, 1.54) is 6.40 Å². The second-order valence-corrected chi connectivity index (χ2v) is 4.23. The third-order valence-corrected chi connectivity index (χ3v) is 2.79. The topological polar surface area (TPSA) is 60.8 Å². The van der Waals surface area contributed by atoms with Crippen LogP contribution in [0.1, 0.15) is 18.6 Å². The molecular weight excluding hydrogens is 288 g/mol. The van der Waals surface area contributed by atoms with Crippen molar-refractivity contribution in [1.29, 1.82) is 0 Å². The van der Waals surface area contributed by atoms with Crippen LogP contribution in [0.25, 0.3) is 0 Å². The summed E-state index contributed by atoms with van der Waals surface area (Å²) < 4.78 is 11.0. The maximum Gasteiger partial charge on any atom is 0.335 e. The number of rotatable bonds is 3. The number of nitrogens with zero attached hydrogens (tertiary/aromatic N) is 2. The number of carbonyl (C=O) groups excluding carboxylic acids is 1. The van der Waals surface area contributed by atoms with E-state index in [9.17, 15) is 4.79 Å². The van der Waals surface area contributed by atoms with Crippen molar-refractivity contribution in [2.24, 2.45) is 4.99 Å². The third-order valence-electron chi connectivity index (χ3n) is 2.32. The molecule has 2 atom stereocenters. The van der Waals surface area contributed by atoms with E-state index in [0.717, 1.165) is 10.2 Å². The van der Waals surface area contributed by atoms with Crippen LogP contribution in [0, 0.1) is 0 Å². The maximum atomic E-state index is 11.7. The summed E-state index contributed by atoms with van der Waals surface area (Å²) in [6, 6.07) is 2.99. The van der Waals surface area contributed by atoms with E-state index in [-0.39, 0.29) is 5.97 Å². The van der Waals surface area contributed by atoms with E-state index < -0.39 is 12.1 Å². The second-order valence-electron chi connectivity index (χ2n) is 3.42. The summed E-state index contributed by atoms with van der Waals surface area (Å²) in [5, 5.41) is 0. The predicted octanol–water partition coefficient (Wildman–Crippen LogP) is 1.88. The van der Waals surface area contributed by atoms with Crippen LogP contribution in [0.4, 0.5) is 0 Å². The molecule has 0 spiro atoms. The lowest BCUT2D eigenvalue weighted by Crippen LogP contribution is -2.26. The van der Waals surface area contributed by atoms with Crippen LogP contribution in [0.5, 0.6) is 0 Å². The Kier molecular flexibility index (Phi) is 3.73. The maximum absolute atomic E-state index is 11.7. The number of esters is 1. The average molecular weight is 299 g/mol. The molecule has 17 heavy (non-hydrogen) atoms. The monoisotopic (exact) mass is 298 g/mol. The number of carbonyl (C=O) groups is 1. The Morgan fingerprint density at radius 3 is 3.06 bits per heavy atom. The summed E-state index contributed by atoms with van der Waals surface area (Å²) in [5.74, 6) is -0.380. The molecule has 0 unspecified atom stereocenters. The van der Waals surface area contributed by atoms with Gasteiger partial charge in [-0.2, -0.15) is 0 Å². The summed E-state index contributed by atoms with van der Waals surface area (Å²) in [4.78, 5) is 19.7. The molecule has 0 fully saturated rings. The highest BCUT2D eigenvalue weighted by Gasteiger charge is 2.35. The molecule has 1 aromatic rings. The van der Waals surface area contributed by atoms with Gasteiger partial charge in [0, 0.05) is 11.8 Å². The Labute approximate surface area is 107 Å². The molecule has 1 aliphatic rings. The number of ether oxygens (including phenoxy) is 2. The Morgan fingerprint density at radius 1 is 1.59 bits per heavy atom. The van der Waals surface area contributed by atoms with E-state index in [4.69, 9.17) is 9.47 Å². The lowest BCUT2D eigenvalue weighted by Gasteiger charge is -2.15. The first-order chi connectivity index (χ1) is 8.22. The highest BCUT2D eigenvalue weighted by atomic mass is 79.9. The Balaban J connectivity index is 2.15. The van der Waals surface area contributed by atoms with Crippen molar-refractivity contribution in [3.8, 4) is 0 Å². The lowest BCUT2D eigenvalue weighted by molar-refractivity contribution is -0.146. The fourth-order valence-electron chi connectivity index (χ4n) is 1.55. The van der Waals surface area contributed by atoms with Gasteiger partial charge in [-0.3, -0.25) is 0 Å². The Morgan fingerprint density at radius 2 is 2.41 bits per heavy atom. The third kappa shape index (κ3) is 2.63. The summed E-state index contributed by atoms with van der Waals surface area (Å²) in [7, 11) is 0. The zero-order valence-electron chi connectivity index (χ0n) is 9.17. The van der Waals surface area contributed by atoms with Gasteiger partial charge >= 0.3 is 5.97 Å². The fourth-order valence-corrected chi connectivity index (χ4v) is 1.78. The van der Waals surface area contributed by atoms with E-state index >= 15 is 0 Å². The molecule has 1 aromatic heterocycles. The van der Waals surface area contributed by atoms with Gasteiger partial charge in [-0.05, 0) is 28.9 Å². The summed E-state index contributed by atoms with van der Waals surface area (Å²) in [5.41, 5.74) is 0.795. The normalized spacial score (nSPS) is 22.2. The Bertz CT molecular complexity index is 433. The number of pyridine rings is 1. The SMILES string of the molecule is CCOC(=O)[C@H]1N=CO[C@H]1c1ccc(Br)nc1. The molecular formula is C11H11BrN2O3. The van der Waals surface area contributed by atoms with Gasteiger partial charge in [0.15, 0.2) is 18.5 Å². The number of hydrogen-bond donors (Lipinski definition) is 0. The van der Waals surface area contributed by atoms with E-state index in [2.05, 4.69) is 25.9 Å². The average Bonchev–Trinajstić information content (AvgIpc) is 2.79. The van der Waals surface area contributed by atoms with Crippen molar-refractivity contribution in [3.05, 3.63) is 28.5 Å². The van der Waals surface area contributed by atoms with Gasteiger partial charge in [-0.25, -0.2) is 14.8 Å². The van der Waals surface area contributed by atoms with Crippen molar-refractivity contribution in [1.82, 2.24) is 4.98 Å². The van der Waals surface area contributed by atoms with Gasteiger partial charge in [0.2, 0.25) is 0 Å². The first-order valence-corrected chi connectivity index (χ1v) is 5.97. The fraction of sp³-hybridized carbons (Fsp3) is 0.364. The van der Waals surface area contributed by atoms with Gasteiger partial charge in [0.1, 0.15) is 4.60 Å². The van der Waals surface area contributed by atoms with Gasteiger partial charge in [-0.15, -0.1) is 0 Å². The molecule has 0 bridgehead atoms. The number of aliphatic imine (C=N–C) groups is 1. The van der Waals surface area contributed by atoms with E-state index in [1.807, 2.05) is 6.07 Å². The molecule has 2 heterocycles. The van der Waals surface area contributed by atoms with Crippen molar-refractivity contribution in [3.63, 3.8) is 0 Å². The molecule has 2 rings (SSSR count). The molecule has 1 aliphatic heterocycles. The summed E-state index contributed by atoms with van der Waals surface area (Å²) in [6.45, 7) is 2.09. The standard InChI is InChI=1S/C11H11BrN2O3/c1-2-16-11(15)9-10(17-6-14-9)7-3-4-8(12)13-5-7/h3-6,9-10H,2H2,1H3/t9-,10-/m0/s1. The quantitative estimate of drug-likeness (QED) is 0.631. The first kappa shape index (κ1) is 12.0. The van der Waals surface area contributed by atoms with E-state index in [1.54, 1.807) is 19.2 Å². The molecule has 0 radical (unpaired) electrons. The van der Waals surface area contributed by atoms with Gasteiger partial charge in [0.05, 0.1) is 6.61 Å². The molecule has 0 aliphatic carbocycles. The van der Waals surface area contributed by atoms with Crippen LogP contribution in [-0.2, 0) is 14.3 Å². The predicted molar refractivity (Wildman–Crippen MR) is 64.7 cm³/mol. The van der Waals surface area contributed by atoms with Crippen LogP contribution in [-0.4, -0.2) is 30.0 Å². The van der Waals surface area contributed by atoms with Gasteiger partial charge in [0.25, 0.3) is 0 Å². The van der Waals surface area contributed by atoms with Gasteiger partial charge in [-0.1, -0.05) is 6.07 Å². The minimum Gasteiger partial charge on any atom is -0.473 e. The molecule has 0 N–H and O–H groups in total. The molecule has 0 saturated heterocycles. The molecule has 0 saturated carbocycles. The highest BCUT2D eigenvalue weighted by molar-refractivity contribution is 9.10. The van der Waals surface area contributed by atoms with Crippen molar-refractivity contribution < 1.29 is 14.3 Å². The van der Waals surface area contributed by atoms with Crippen molar-refractivity contribution >= 4 is 28.3 Å². The van der Waals surface area contributed by atoms with Gasteiger partial charge < -0.3 is 9.47 Å².